The van der Waals surface area contributed by atoms with Crippen molar-refractivity contribution < 1.29 is 13.3 Å². The Balaban J connectivity index is 1.72. The van der Waals surface area contributed by atoms with Crippen molar-refractivity contribution in [2.24, 2.45) is 0 Å². The lowest BCUT2D eigenvalue weighted by Gasteiger charge is -2.25. The minimum absolute atomic E-state index is 0.0522. The van der Waals surface area contributed by atoms with Crippen LogP contribution in [0.3, 0.4) is 0 Å². The van der Waals surface area contributed by atoms with Crippen molar-refractivity contribution in [1.29, 1.82) is 0 Å². The third-order valence-corrected chi connectivity index (χ3v) is 4.81. The van der Waals surface area contributed by atoms with Gasteiger partial charge in [0.15, 0.2) is 0 Å². The molecule has 1 saturated heterocycles. The highest BCUT2D eigenvalue weighted by molar-refractivity contribution is 7.88. The molecule has 0 aromatic heterocycles. The van der Waals surface area contributed by atoms with Gasteiger partial charge in [-0.15, -0.1) is 0 Å². The number of likely N-dealkylation sites (tertiary alicyclic amines) is 1. The molecule has 118 valence electrons. The molecule has 1 aliphatic rings. The molecule has 0 bridgehead atoms. The van der Waals surface area contributed by atoms with Crippen molar-refractivity contribution in [3.05, 3.63) is 35.4 Å². The number of rotatable bonds is 7. The monoisotopic (exact) mass is 312 g/mol. The standard InChI is InChI=1S/C15H24N2O3S/c1-14-7-3-4-8-15(14)13-21(18,19)16-20-12-11-17-9-5-2-6-10-17/h3-4,7-8,16H,2,5-6,9-13H2,1H3. The predicted molar refractivity (Wildman–Crippen MR) is 83.2 cm³/mol. The molecule has 0 amide bonds. The molecule has 0 spiro atoms. The molecule has 0 radical (unpaired) electrons. The van der Waals surface area contributed by atoms with E-state index < -0.39 is 10.0 Å². The van der Waals surface area contributed by atoms with Gasteiger partial charge in [-0.1, -0.05) is 35.6 Å². The fraction of sp³-hybridized carbons (Fsp3) is 0.600. The van der Waals surface area contributed by atoms with Crippen molar-refractivity contribution in [3.63, 3.8) is 0 Å². The lowest BCUT2D eigenvalue weighted by molar-refractivity contribution is 0.0655. The molecule has 1 N–H and O–H groups in total. The zero-order chi connectivity index (χ0) is 15.1. The van der Waals surface area contributed by atoms with Crippen molar-refractivity contribution >= 4 is 10.0 Å². The highest BCUT2D eigenvalue weighted by atomic mass is 32.2. The summed E-state index contributed by atoms with van der Waals surface area (Å²) in [5.74, 6) is -0.0522. The van der Waals surface area contributed by atoms with E-state index in [1.807, 2.05) is 31.2 Å². The van der Waals surface area contributed by atoms with Gasteiger partial charge in [0.1, 0.15) is 0 Å². The largest absolute Gasteiger partial charge is 0.301 e. The van der Waals surface area contributed by atoms with E-state index in [0.29, 0.717) is 6.61 Å². The van der Waals surface area contributed by atoms with E-state index in [2.05, 4.69) is 9.79 Å². The Bertz CT molecular complexity index is 540. The molecule has 21 heavy (non-hydrogen) atoms. The Labute approximate surface area is 127 Å². The van der Waals surface area contributed by atoms with Gasteiger partial charge in [0.05, 0.1) is 12.4 Å². The van der Waals surface area contributed by atoms with Crippen LogP contribution in [-0.2, 0) is 20.6 Å². The van der Waals surface area contributed by atoms with Gasteiger partial charge in [-0.2, -0.15) is 0 Å². The van der Waals surface area contributed by atoms with Crippen LogP contribution in [0, 0.1) is 6.92 Å². The number of hydrogen-bond donors (Lipinski definition) is 1. The van der Waals surface area contributed by atoms with Gasteiger partial charge in [-0.25, -0.2) is 8.42 Å². The zero-order valence-electron chi connectivity index (χ0n) is 12.5. The third kappa shape index (κ3) is 5.74. The highest BCUT2D eigenvalue weighted by Gasteiger charge is 2.14. The normalized spacial score (nSPS) is 17.0. The summed E-state index contributed by atoms with van der Waals surface area (Å²) in [6.07, 6.45) is 3.73. The van der Waals surface area contributed by atoms with E-state index in [4.69, 9.17) is 4.84 Å². The fourth-order valence-electron chi connectivity index (χ4n) is 2.50. The van der Waals surface area contributed by atoms with Crippen LogP contribution in [0.25, 0.3) is 0 Å². The van der Waals surface area contributed by atoms with Gasteiger partial charge >= 0.3 is 0 Å². The Kier molecular flexibility index (Phi) is 6.17. The molecule has 1 aliphatic heterocycles. The zero-order valence-corrected chi connectivity index (χ0v) is 13.4. The number of nitrogens with zero attached hydrogens (tertiary/aromatic N) is 1. The molecule has 0 saturated carbocycles. The molecule has 5 nitrogen and oxygen atoms in total. The van der Waals surface area contributed by atoms with Gasteiger partial charge < -0.3 is 4.90 Å². The first-order valence-corrected chi connectivity index (χ1v) is 9.10. The lowest BCUT2D eigenvalue weighted by Crippen LogP contribution is -2.35. The molecule has 6 heteroatoms. The number of piperidine rings is 1. The van der Waals surface area contributed by atoms with Crippen LogP contribution >= 0.6 is 0 Å². The molecular weight excluding hydrogens is 288 g/mol. The summed E-state index contributed by atoms with van der Waals surface area (Å²) in [5, 5.41) is 0. The van der Waals surface area contributed by atoms with Crippen LogP contribution in [0.1, 0.15) is 30.4 Å². The number of hydrogen-bond acceptors (Lipinski definition) is 4. The Morgan fingerprint density at radius 3 is 2.62 bits per heavy atom. The molecule has 0 unspecified atom stereocenters. The first kappa shape index (κ1) is 16.4. The van der Waals surface area contributed by atoms with Crippen LogP contribution in [0.2, 0.25) is 0 Å². The molecule has 1 aromatic rings. The summed E-state index contributed by atoms with van der Waals surface area (Å²) in [6.45, 7) is 5.22. The summed E-state index contributed by atoms with van der Waals surface area (Å²) < 4.78 is 23.9. The van der Waals surface area contributed by atoms with E-state index in [0.717, 1.165) is 30.8 Å². The molecule has 1 fully saturated rings. The summed E-state index contributed by atoms with van der Waals surface area (Å²) in [6, 6.07) is 7.47. The molecule has 1 aromatic carbocycles. The number of nitrogens with one attached hydrogen (secondary N) is 1. The predicted octanol–water partition coefficient (Wildman–Crippen LogP) is 1.83. The van der Waals surface area contributed by atoms with Crippen LogP contribution in [0.15, 0.2) is 24.3 Å². The molecule has 0 aliphatic carbocycles. The van der Waals surface area contributed by atoms with E-state index in [1.54, 1.807) is 0 Å². The Morgan fingerprint density at radius 1 is 1.19 bits per heavy atom. The fourth-order valence-corrected chi connectivity index (χ4v) is 3.55. The van der Waals surface area contributed by atoms with Crippen LogP contribution in [0.5, 0.6) is 0 Å². The van der Waals surface area contributed by atoms with E-state index in [-0.39, 0.29) is 5.75 Å². The van der Waals surface area contributed by atoms with Gasteiger partial charge in [-0.3, -0.25) is 4.84 Å². The van der Waals surface area contributed by atoms with Crippen LogP contribution < -0.4 is 4.89 Å². The SMILES string of the molecule is Cc1ccccc1CS(=O)(=O)NOCCN1CCCCC1. The number of benzene rings is 1. The third-order valence-electron chi connectivity index (χ3n) is 3.75. The van der Waals surface area contributed by atoms with E-state index in [9.17, 15) is 8.42 Å². The maximum atomic E-state index is 12.0. The second kappa shape index (κ2) is 7.89. The average molecular weight is 312 g/mol. The van der Waals surface area contributed by atoms with Crippen LogP contribution in [-0.4, -0.2) is 39.6 Å². The minimum Gasteiger partial charge on any atom is -0.301 e. The summed E-state index contributed by atoms with van der Waals surface area (Å²) >= 11 is 0. The number of sulfonamides is 1. The number of aryl methyl sites for hydroxylation is 1. The maximum absolute atomic E-state index is 12.0. The highest BCUT2D eigenvalue weighted by Crippen LogP contribution is 2.10. The second-order valence-corrected chi connectivity index (χ2v) is 7.20. The van der Waals surface area contributed by atoms with Crippen LogP contribution in [0.4, 0.5) is 0 Å². The van der Waals surface area contributed by atoms with Gasteiger partial charge in [0.25, 0.3) is 0 Å². The van der Waals surface area contributed by atoms with Crippen molar-refractivity contribution in [3.8, 4) is 0 Å². The lowest BCUT2D eigenvalue weighted by atomic mass is 10.1. The molecular formula is C15H24N2O3S. The van der Waals surface area contributed by atoms with Gasteiger partial charge in [0.2, 0.25) is 10.0 Å². The molecule has 0 atom stereocenters. The minimum atomic E-state index is -3.45. The van der Waals surface area contributed by atoms with Crippen molar-refractivity contribution in [1.82, 2.24) is 9.79 Å². The first-order chi connectivity index (χ1) is 10.1. The topological polar surface area (TPSA) is 58.6 Å². The first-order valence-electron chi connectivity index (χ1n) is 7.45. The Hall–Kier alpha value is -0.950. The van der Waals surface area contributed by atoms with Gasteiger partial charge in [-0.05, 0) is 44.0 Å². The second-order valence-electron chi connectivity index (χ2n) is 5.52. The summed E-state index contributed by atoms with van der Waals surface area (Å²) in [7, 11) is -3.45. The van der Waals surface area contributed by atoms with E-state index >= 15 is 0 Å². The summed E-state index contributed by atoms with van der Waals surface area (Å²) in [4.78, 5) is 9.66. The summed E-state index contributed by atoms with van der Waals surface area (Å²) in [5.41, 5.74) is 1.76. The molecule has 2 rings (SSSR count). The maximum Gasteiger partial charge on any atom is 0.237 e. The average Bonchev–Trinajstić information content (AvgIpc) is 2.47. The smallest absolute Gasteiger partial charge is 0.237 e. The molecule has 1 heterocycles. The van der Waals surface area contributed by atoms with Gasteiger partial charge in [0, 0.05) is 6.54 Å². The van der Waals surface area contributed by atoms with E-state index in [1.165, 1.54) is 19.3 Å². The Morgan fingerprint density at radius 2 is 1.90 bits per heavy atom. The quantitative estimate of drug-likeness (QED) is 0.616. The van der Waals surface area contributed by atoms with Crippen molar-refractivity contribution in [2.45, 2.75) is 31.9 Å². The van der Waals surface area contributed by atoms with Crippen molar-refractivity contribution in [2.75, 3.05) is 26.2 Å².